The van der Waals surface area contributed by atoms with Crippen LogP contribution in [0.3, 0.4) is 0 Å². The van der Waals surface area contributed by atoms with E-state index in [0.29, 0.717) is 35.2 Å². The molecular formula is C40H42FNO10S. The number of β-lactam (4-membered cyclic amide) rings is 1. The summed E-state index contributed by atoms with van der Waals surface area (Å²) in [5.41, 5.74) is 1.58. The van der Waals surface area contributed by atoms with Gasteiger partial charge in [0.1, 0.15) is 35.0 Å². The Balaban J connectivity index is 1.60. The van der Waals surface area contributed by atoms with E-state index in [9.17, 15) is 37.1 Å². The number of amides is 1. The molecule has 0 aliphatic carbocycles. The third-order valence-corrected chi connectivity index (χ3v) is 9.34. The topological polar surface area (TPSA) is 154 Å². The van der Waals surface area contributed by atoms with Crippen LogP contribution in [0.1, 0.15) is 74.4 Å². The standard InChI is InChI=1S/C40H42FNO10S/c1-27(43)50-25-40(47,26-51-28(2)44)23-22-31-8-12-33(13-9-31)38-36(20-21-37(52-29(3)45)32-14-16-34(41)17-15-32)39(46)42(38)35-18-10-30(11-19-35)7-5-6-24-53(4,48)49/h8-19,22-23,36-38,47H,6,20-21,24-26H2,1-4H3/b23-22+/t36-,37+,38-/m1/s1. The number of hydrogen-bond acceptors (Lipinski definition) is 10. The van der Waals surface area contributed by atoms with E-state index in [1.54, 1.807) is 59.5 Å². The Kier molecular flexibility index (Phi) is 13.7. The van der Waals surface area contributed by atoms with E-state index in [1.165, 1.54) is 39.0 Å². The van der Waals surface area contributed by atoms with Gasteiger partial charge in [-0.15, -0.1) is 0 Å². The minimum Gasteiger partial charge on any atom is -0.462 e. The van der Waals surface area contributed by atoms with Gasteiger partial charge in [0.15, 0.2) is 5.60 Å². The lowest BCUT2D eigenvalue weighted by Gasteiger charge is -2.48. The summed E-state index contributed by atoms with van der Waals surface area (Å²) < 4.78 is 52.0. The molecule has 0 spiro atoms. The van der Waals surface area contributed by atoms with Crippen molar-refractivity contribution in [2.75, 3.05) is 30.1 Å². The molecule has 0 aromatic heterocycles. The van der Waals surface area contributed by atoms with E-state index in [2.05, 4.69) is 11.8 Å². The Morgan fingerprint density at radius 3 is 2.08 bits per heavy atom. The van der Waals surface area contributed by atoms with Crippen molar-refractivity contribution >= 4 is 45.4 Å². The molecule has 3 aromatic rings. The molecule has 1 amide bonds. The van der Waals surface area contributed by atoms with E-state index in [1.807, 2.05) is 12.1 Å². The largest absolute Gasteiger partial charge is 0.462 e. The van der Waals surface area contributed by atoms with Crippen LogP contribution in [0.5, 0.6) is 0 Å². The Hall–Kier alpha value is -5.32. The maximum atomic E-state index is 13.8. The van der Waals surface area contributed by atoms with Gasteiger partial charge in [0.05, 0.1) is 17.7 Å². The van der Waals surface area contributed by atoms with Gasteiger partial charge in [0.25, 0.3) is 0 Å². The van der Waals surface area contributed by atoms with Gasteiger partial charge in [-0.05, 0) is 72.0 Å². The van der Waals surface area contributed by atoms with Crippen LogP contribution in [-0.4, -0.2) is 68.2 Å². The number of nitrogens with zero attached hydrogens (tertiary/aromatic N) is 1. The highest BCUT2D eigenvalue weighted by Crippen LogP contribution is 2.46. The number of sulfone groups is 1. The van der Waals surface area contributed by atoms with Crippen molar-refractivity contribution in [2.45, 2.75) is 57.8 Å². The number of carbonyl (C=O) groups is 4. The Bertz CT molecular complexity index is 1960. The van der Waals surface area contributed by atoms with Crippen molar-refractivity contribution in [3.8, 4) is 11.8 Å². The summed E-state index contributed by atoms with van der Waals surface area (Å²) in [5, 5.41) is 11.0. The van der Waals surface area contributed by atoms with Gasteiger partial charge in [-0.2, -0.15) is 0 Å². The number of anilines is 1. The summed E-state index contributed by atoms with van der Waals surface area (Å²) in [4.78, 5) is 50.2. The second-order valence-corrected chi connectivity index (χ2v) is 15.1. The van der Waals surface area contributed by atoms with Crippen LogP contribution in [0, 0.1) is 23.6 Å². The van der Waals surface area contributed by atoms with E-state index < -0.39 is 70.4 Å². The number of rotatable bonds is 15. The summed E-state index contributed by atoms with van der Waals surface area (Å²) in [6, 6.07) is 19.6. The smallest absolute Gasteiger partial charge is 0.303 e. The van der Waals surface area contributed by atoms with E-state index in [0.717, 1.165) is 11.8 Å². The molecule has 53 heavy (non-hydrogen) atoms. The lowest BCUT2D eigenvalue weighted by atomic mass is 9.78. The fourth-order valence-corrected chi connectivity index (χ4v) is 6.23. The fourth-order valence-electron chi connectivity index (χ4n) is 5.75. The van der Waals surface area contributed by atoms with Crippen molar-refractivity contribution < 1.29 is 51.3 Å². The van der Waals surface area contributed by atoms with Crippen molar-refractivity contribution in [3.05, 3.63) is 107 Å². The number of ether oxygens (including phenoxy) is 3. The summed E-state index contributed by atoms with van der Waals surface area (Å²) in [6.45, 7) is 2.83. The van der Waals surface area contributed by atoms with Crippen LogP contribution in [0.4, 0.5) is 10.1 Å². The minimum atomic E-state index is -3.13. The molecule has 1 fully saturated rings. The molecular weight excluding hydrogens is 706 g/mol. The van der Waals surface area contributed by atoms with Gasteiger partial charge in [0.2, 0.25) is 5.91 Å². The fraction of sp³-hybridized carbons (Fsp3) is 0.350. The Labute approximate surface area is 308 Å². The zero-order valence-corrected chi connectivity index (χ0v) is 30.7. The van der Waals surface area contributed by atoms with Crippen LogP contribution in [0.15, 0.2) is 78.9 Å². The van der Waals surface area contributed by atoms with E-state index in [-0.39, 0.29) is 18.1 Å². The Morgan fingerprint density at radius 1 is 0.925 bits per heavy atom. The summed E-state index contributed by atoms with van der Waals surface area (Å²) >= 11 is 0. The predicted octanol–water partition coefficient (Wildman–Crippen LogP) is 5.27. The monoisotopic (exact) mass is 747 g/mol. The summed E-state index contributed by atoms with van der Waals surface area (Å²) in [6.07, 6.45) is 4.29. The average molecular weight is 748 g/mol. The summed E-state index contributed by atoms with van der Waals surface area (Å²) in [7, 11) is -3.13. The van der Waals surface area contributed by atoms with Gasteiger partial charge in [-0.25, -0.2) is 12.8 Å². The molecule has 13 heteroatoms. The van der Waals surface area contributed by atoms with Gasteiger partial charge >= 0.3 is 17.9 Å². The first-order chi connectivity index (χ1) is 25.0. The molecule has 1 aliphatic heterocycles. The molecule has 1 N–H and O–H groups in total. The molecule has 0 bridgehead atoms. The van der Waals surface area contributed by atoms with Crippen LogP contribution < -0.4 is 4.90 Å². The highest BCUT2D eigenvalue weighted by molar-refractivity contribution is 7.90. The highest BCUT2D eigenvalue weighted by atomic mass is 32.2. The number of carbonyl (C=O) groups excluding carboxylic acids is 4. The molecule has 1 aliphatic rings. The first-order valence-corrected chi connectivity index (χ1v) is 18.9. The molecule has 4 rings (SSSR count). The number of aliphatic hydroxyl groups is 1. The van der Waals surface area contributed by atoms with Crippen LogP contribution in [0.2, 0.25) is 0 Å². The zero-order chi connectivity index (χ0) is 38.8. The number of esters is 3. The molecule has 11 nitrogen and oxygen atoms in total. The molecule has 0 unspecified atom stereocenters. The van der Waals surface area contributed by atoms with Crippen LogP contribution in [0.25, 0.3) is 6.08 Å². The summed E-state index contributed by atoms with van der Waals surface area (Å²) in [5.74, 6) is 2.97. The van der Waals surface area contributed by atoms with Crippen molar-refractivity contribution in [2.24, 2.45) is 5.92 Å². The first-order valence-electron chi connectivity index (χ1n) is 16.8. The highest BCUT2D eigenvalue weighted by Gasteiger charge is 2.48. The quantitative estimate of drug-likeness (QED) is 0.0942. The molecule has 0 radical (unpaired) electrons. The lowest BCUT2D eigenvalue weighted by Crippen LogP contribution is -2.55. The van der Waals surface area contributed by atoms with Crippen LogP contribution >= 0.6 is 0 Å². The molecule has 1 saturated heterocycles. The van der Waals surface area contributed by atoms with Gasteiger partial charge < -0.3 is 24.2 Å². The number of halogens is 1. The third kappa shape index (κ3) is 12.1. The van der Waals surface area contributed by atoms with Crippen molar-refractivity contribution in [1.82, 2.24) is 0 Å². The maximum absolute atomic E-state index is 13.8. The maximum Gasteiger partial charge on any atom is 0.303 e. The number of hydrogen-bond donors (Lipinski definition) is 1. The minimum absolute atomic E-state index is 0.0408. The molecule has 280 valence electrons. The number of benzene rings is 3. The second kappa shape index (κ2) is 17.9. The van der Waals surface area contributed by atoms with Crippen molar-refractivity contribution in [3.63, 3.8) is 0 Å². The zero-order valence-electron chi connectivity index (χ0n) is 29.9. The van der Waals surface area contributed by atoms with Gasteiger partial charge in [0, 0.05) is 44.7 Å². The van der Waals surface area contributed by atoms with E-state index >= 15 is 0 Å². The molecule has 0 saturated carbocycles. The Morgan fingerprint density at radius 2 is 1.53 bits per heavy atom. The molecule has 3 atom stereocenters. The first kappa shape index (κ1) is 40.5. The van der Waals surface area contributed by atoms with E-state index in [4.69, 9.17) is 14.2 Å². The molecule has 1 heterocycles. The normalized spacial score (nSPS) is 16.3. The SMILES string of the molecule is CC(=O)OCC(O)(/C=C/c1ccc([C@@H]2[C@@H](CC[C@H](OC(C)=O)c3ccc(F)cc3)C(=O)N2c2ccc(C#CCCS(C)(=O)=O)cc2)cc1)COC(C)=O. The predicted molar refractivity (Wildman–Crippen MR) is 195 cm³/mol. The molecule has 3 aromatic carbocycles. The lowest BCUT2D eigenvalue weighted by molar-refractivity contribution is -0.155. The van der Waals surface area contributed by atoms with Gasteiger partial charge in [-0.1, -0.05) is 54.3 Å². The van der Waals surface area contributed by atoms with Gasteiger partial charge in [-0.3, -0.25) is 19.2 Å². The third-order valence-electron chi connectivity index (χ3n) is 8.39. The average Bonchev–Trinajstić information content (AvgIpc) is 3.10. The second-order valence-electron chi connectivity index (χ2n) is 12.9. The van der Waals surface area contributed by atoms with Crippen LogP contribution in [-0.2, 0) is 43.2 Å². The van der Waals surface area contributed by atoms with Crippen molar-refractivity contribution in [1.29, 1.82) is 0 Å².